The van der Waals surface area contributed by atoms with E-state index in [0.29, 0.717) is 11.5 Å². The van der Waals surface area contributed by atoms with E-state index in [9.17, 15) is 9.18 Å². The van der Waals surface area contributed by atoms with Crippen LogP contribution in [0.5, 0.6) is 11.5 Å². The van der Waals surface area contributed by atoms with E-state index in [2.05, 4.69) is 0 Å². The number of ketones is 1. The maximum Gasteiger partial charge on any atom is 0.171 e. The van der Waals surface area contributed by atoms with E-state index in [4.69, 9.17) is 9.47 Å². The lowest BCUT2D eigenvalue weighted by molar-refractivity contribution is 0.0744. The molecule has 0 spiro atoms. The van der Waals surface area contributed by atoms with Crippen LogP contribution < -0.4 is 9.47 Å². The molecule has 2 rings (SSSR count). The number of hydrogen-bond donors (Lipinski definition) is 0. The van der Waals surface area contributed by atoms with Crippen molar-refractivity contribution in [2.45, 2.75) is 39.0 Å². The van der Waals surface area contributed by atoms with Crippen LogP contribution in [0.1, 0.15) is 49.4 Å². The Morgan fingerprint density at radius 1 is 1.10 bits per heavy atom. The molecule has 110 valence electrons. The molecule has 20 heavy (non-hydrogen) atoms. The quantitative estimate of drug-likeness (QED) is 0.782. The van der Waals surface area contributed by atoms with Gasteiger partial charge in [-0.15, -0.1) is 0 Å². The van der Waals surface area contributed by atoms with Crippen molar-refractivity contribution in [2.24, 2.45) is 5.41 Å². The SMILES string of the molecule is COc1cc(F)c(C(=O)C2(C)CCCCC2)cc1OC. The van der Waals surface area contributed by atoms with Crippen LogP contribution in [0.2, 0.25) is 0 Å². The molecule has 0 bridgehead atoms. The van der Waals surface area contributed by atoms with Crippen molar-refractivity contribution in [3.05, 3.63) is 23.5 Å². The molecule has 0 amide bonds. The van der Waals surface area contributed by atoms with Gasteiger partial charge in [0.05, 0.1) is 19.8 Å². The lowest BCUT2D eigenvalue weighted by Gasteiger charge is -2.32. The van der Waals surface area contributed by atoms with Crippen LogP contribution in [-0.4, -0.2) is 20.0 Å². The molecule has 1 aliphatic carbocycles. The monoisotopic (exact) mass is 280 g/mol. The highest BCUT2D eigenvalue weighted by Gasteiger charge is 2.36. The fourth-order valence-electron chi connectivity index (χ4n) is 2.91. The number of Topliss-reactive ketones (excluding diaryl/α,β-unsaturated/α-hetero) is 1. The molecule has 0 heterocycles. The number of carbonyl (C=O) groups excluding carboxylic acids is 1. The van der Waals surface area contributed by atoms with E-state index < -0.39 is 11.2 Å². The predicted molar refractivity (Wildman–Crippen MR) is 75.0 cm³/mol. The van der Waals surface area contributed by atoms with Crippen molar-refractivity contribution in [3.8, 4) is 11.5 Å². The minimum atomic E-state index is -0.542. The summed E-state index contributed by atoms with van der Waals surface area (Å²) in [6.45, 7) is 1.94. The Morgan fingerprint density at radius 3 is 2.20 bits per heavy atom. The van der Waals surface area contributed by atoms with Crippen LogP contribution in [0, 0.1) is 11.2 Å². The van der Waals surface area contributed by atoms with Crippen LogP contribution in [0.25, 0.3) is 0 Å². The highest BCUT2D eigenvalue weighted by atomic mass is 19.1. The van der Waals surface area contributed by atoms with Crippen LogP contribution >= 0.6 is 0 Å². The van der Waals surface area contributed by atoms with E-state index in [1.54, 1.807) is 0 Å². The van der Waals surface area contributed by atoms with Gasteiger partial charge in [-0.05, 0) is 18.9 Å². The third-order valence-corrected chi connectivity index (χ3v) is 4.22. The first-order valence-electron chi connectivity index (χ1n) is 6.98. The Balaban J connectivity index is 2.39. The summed E-state index contributed by atoms with van der Waals surface area (Å²) in [4.78, 5) is 12.7. The topological polar surface area (TPSA) is 35.5 Å². The van der Waals surface area contributed by atoms with Gasteiger partial charge in [-0.1, -0.05) is 26.2 Å². The minimum absolute atomic E-state index is 0.104. The molecule has 0 aliphatic heterocycles. The maximum absolute atomic E-state index is 14.2. The normalized spacial score (nSPS) is 17.6. The van der Waals surface area contributed by atoms with Gasteiger partial charge in [0.15, 0.2) is 17.3 Å². The molecular weight excluding hydrogens is 259 g/mol. The first-order chi connectivity index (χ1) is 9.51. The first-order valence-corrected chi connectivity index (χ1v) is 6.98. The van der Waals surface area contributed by atoms with Crippen LogP contribution in [0.15, 0.2) is 12.1 Å². The fourth-order valence-corrected chi connectivity index (χ4v) is 2.91. The van der Waals surface area contributed by atoms with Crippen LogP contribution in [0.4, 0.5) is 4.39 Å². The third kappa shape index (κ3) is 2.65. The molecule has 4 heteroatoms. The smallest absolute Gasteiger partial charge is 0.171 e. The number of rotatable bonds is 4. The molecule has 0 N–H and O–H groups in total. The second-order valence-corrected chi connectivity index (χ2v) is 5.64. The summed E-state index contributed by atoms with van der Waals surface area (Å²) in [7, 11) is 2.92. The van der Waals surface area contributed by atoms with Gasteiger partial charge in [-0.25, -0.2) is 4.39 Å². The zero-order valence-electron chi connectivity index (χ0n) is 12.3. The van der Waals surface area contributed by atoms with E-state index in [0.717, 1.165) is 32.1 Å². The number of halogens is 1. The second-order valence-electron chi connectivity index (χ2n) is 5.64. The molecule has 1 fully saturated rings. The number of methoxy groups -OCH3 is 2. The molecule has 0 radical (unpaired) electrons. The van der Waals surface area contributed by atoms with Gasteiger partial charge in [0.2, 0.25) is 0 Å². The molecule has 3 nitrogen and oxygen atoms in total. The molecule has 0 atom stereocenters. The van der Waals surface area contributed by atoms with Crippen LogP contribution in [0.3, 0.4) is 0 Å². The maximum atomic E-state index is 14.2. The van der Waals surface area contributed by atoms with E-state index >= 15 is 0 Å². The lowest BCUT2D eigenvalue weighted by atomic mass is 9.71. The third-order valence-electron chi connectivity index (χ3n) is 4.22. The molecule has 0 aromatic heterocycles. The van der Waals surface area contributed by atoms with E-state index in [-0.39, 0.29) is 11.3 Å². The highest BCUT2D eigenvalue weighted by molar-refractivity contribution is 6.01. The van der Waals surface area contributed by atoms with E-state index in [1.807, 2.05) is 6.92 Å². The van der Waals surface area contributed by atoms with E-state index in [1.165, 1.54) is 26.4 Å². The van der Waals surface area contributed by atoms with Crippen molar-refractivity contribution in [1.29, 1.82) is 0 Å². The first kappa shape index (κ1) is 14.8. The molecule has 1 aromatic rings. The molecule has 0 saturated heterocycles. The summed E-state index contributed by atoms with van der Waals surface area (Å²) < 4.78 is 24.4. The predicted octanol–water partition coefficient (Wildman–Crippen LogP) is 4.00. The Morgan fingerprint density at radius 2 is 1.65 bits per heavy atom. The van der Waals surface area contributed by atoms with Crippen molar-refractivity contribution in [3.63, 3.8) is 0 Å². The molecule has 0 unspecified atom stereocenters. The fraction of sp³-hybridized carbons (Fsp3) is 0.562. The second kappa shape index (κ2) is 5.81. The van der Waals surface area contributed by atoms with Crippen molar-refractivity contribution in [1.82, 2.24) is 0 Å². The Labute approximate surface area is 119 Å². The Bertz CT molecular complexity index is 505. The van der Waals surface area contributed by atoms with Crippen molar-refractivity contribution >= 4 is 5.78 Å². The highest BCUT2D eigenvalue weighted by Crippen LogP contribution is 2.40. The summed E-state index contributed by atoms with van der Waals surface area (Å²) in [6, 6.07) is 2.68. The summed E-state index contributed by atoms with van der Waals surface area (Å²) in [6.07, 6.45) is 4.84. The van der Waals surface area contributed by atoms with Gasteiger partial charge < -0.3 is 9.47 Å². The summed E-state index contributed by atoms with van der Waals surface area (Å²) in [5, 5.41) is 0. The standard InChI is InChI=1S/C16H21FO3/c1-16(7-5-4-6-8-16)15(18)11-9-13(19-2)14(20-3)10-12(11)17/h9-10H,4-8H2,1-3H3. The number of ether oxygens (including phenoxy) is 2. The van der Waals surface area contributed by atoms with Gasteiger partial charge in [0, 0.05) is 11.5 Å². The number of carbonyl (C=O) groups is 1. The molecular formula is C16H21FO3. The Hall–Kier alpha value is -1.58. The van der Waals surface area contributed by atoms with Gasteiger partial charge in [-0.3, -0.25) is 4.79 Å². The lowest BCUT2D eigenvalue weighted by Crippen LogP contribution is -2.31. The largest absolute Gasteiger partial charge is 0.493 e. The average molecular weight is 280 g/mol. The summed E-state index contributed by atoms with van der Waals surface area (Å²) in [5.41, 5.74) is -0.356. The van der Waals surface area contributed by atoms with Gasteiger partial charge in [0.1, 0.15) is 5.82 Å². The summed E-state index contributed by atoms with van der Waals surface area (Å²) >= 11 is 0. The zero-order chi connectivity index (χ0) is 14.8. The molecule has 1 saturated carbocycles. The Kier molecular flexibility index (Phi) is 4.31. The van der Waals surface area contributed by atoms with Crippen LogP contribution in [-0.2, 0) is 0 Å². The molecule has 1 aromatic carbocycles. The number of hydrogen-bond acceptors (Lipinski definition) is 3. The summed E-state index contributed by atoms with van der Waals surface area (Å²) in [5.74, 6) is 0.0158. The molecule has 1 aliphatic rings. The van der Waals surface area contributed by atoms with Crippen molar-refractivity contribution < 1.29 is 18.7 Å². The van der Waals surface area contributed by atoms with Gasteiger partial charge >= 0.3 is 0 Å². The zero-order valence-corrected chi connectivity index (χ0v) is 12.3. The minimum Gasteiger partial charge on any atom is -0.493 e. The van der Waals surface area contributed by atoms with Crippen molar-refractivity contribution in [2.75, 3.05) is 14.2 Å². The van der Waals surface area contributed by atoms with Gasteiger partial charge in [0.25, 0.3) is 0 Å². The number of benzene rings is 1. The average Bonchev–Trinajstić information content (AvgIpc) is 2.47. The van der Waals surface area contributed by atoms with Gasteiger partial charge in [-0.2, -0.15) is 0 Å².